The molecule has 3 unspecified atom stereocenters. The van der Waals surface area contributed by atoms with E-state index in [1.807, 2.05) is 12.1 Å². The SMILES string of the molecule is CCC1CCC(NCC(=O)Nc2ccc(Cl)cc2)C1C. The number of carbonyl (C=O) groups is 1. The molecular formula is C16H23ClN2O. The van der Waals surface area contributed by atoms with Gasteiger partial charge in [-0.05, 0) is 48.9 Å². The van der Waals surface area contributed by atoms with Gasteiger partial charge in [0.25, 0.3) is 0 Å². The number of amides is 1. The second kappa shape index (κ2) is 7.09. The van der Waals surface area contributed by atoms with E-state index < -0.39 is 0 Å². The Morgan fingerprint density at radius 2 is 2.00 bits per heavy atom. The predicted molar refractivity (Wildman–Crippen MR) is 84.1 cm³/mol. The molecule has 0 radical (unpaired) electrons. The van der Waals surface area contributed by atoms with Crippen molar-refractivity contribution in [2.75, 3.05) is 11.9 Å². The lowest BCUT2D eigenvalue weighted by molar-refractivity contribution is -0.115. The van der Waals surface area contributed by atoms with Crippen LogP contribution in [0.2, 0.25) is 5.02 Å². The minimum absolute atomic E-state index is 0.000490. The lowest BCUT2D eigenvalue weighted by atomic mass is 9.93. The van der Waals surface area contributed by atoms with Crippen LogP contribution in [0, 0.1) is 11.8 Å². The molecule has 20 heavy (non-hydrogen) atoms. The third kappa shape index (κ3) is 3.97. The number of rotatable bonds is 5. The van der Waals surface area contributed by atoms with Crippen molar-refractivity contribution in [1.29, 1.82) is 0 Å². The number of hydrogen-bond donors (Lipinski definition) is 2. The molecule has 1 fully saturated rings. The van der Waals surface area contributed by atoms with Gasteiger partial charge in [0.1, 0.15) is 0 Å². The van der Waals surface area contributed by atoms with Crippen LogP contribution < -0.4 is 10.6 Å². The second-order valence-corrected chi connectivity index (χ2v) is 6.08. The van der Waals surface area contributed by atoms with Crippen LogP contribution in [-0.4, -0.2) is 18.5 Å². The average molecular weight is 295 g/mol. The highest BCUT2D eigenvalue weighted by Crippen LogP contribution is 2.33. The molecule has 0 spiro atoms. The van der Waals surface area contributed by atoms with Crippen LogP contribution >= 0.6 is 11.6 Å². The summed E-state index contributed by atoms with van der Waals surface area (Å²) in [7, 11) is 0. The Bertz CT molecular complexity index is 446. The molecule has 1 saturated carbocycles. The Kier molecular flexibility index (Phi) is 5.44. The first kappa shape index (κ1) is 15.3. The van der Waals surface area contributed by atoms with Crippen molar-refractivity contribution < 1.29 is 4.79 Å². The summed E-state index contributed by atoms with van der Waals surface area (Å²) < 4.78 is 0. The second-order valence-electron chi connectivity index (χ2n) is 5.65. The molecule has 3 atom stereocenters. The van der Waals surface area contributed by atoms with Crippen molar-refractivity contribution in [1.82, 2.24) is 5.32 Å². The fourth-order valence-electron chi connectivity index (χ4n) is 3.07. The highest BCUT2D eigenvalue weighted by atomic mass is 35.5. The van der Waals surface area contributed by atoms with Gasteiger partial charge >= 0.3 is 0 Å². The fourth-order valence-corrected chi connectivity index (χ4v) is 3.20. The van der Waals surface area contributed by atoms with Gasteiger partial charge in [-0.3, -0.25) is 4.79 Å². The van der Waals surface area contributed by atoms with Crippen LogP contribution in [0.3, 0.4) is 0 Å². The monoisotopic (exact) mass is 294 g/mol. The van der Waals surface area contributed by atoms with Crippen molar-refractivity contribution in [2.45, 2.75) is 39.2 Å². The zero-order valence-electron chi connectivity index (χ0n) is 12.2. The zero-order chi connectivity index (χ0) is 14.5. The molecule has 1 aliphatic rings. The Labute approximate surface area is 126 Å². The van der Waals surface area contributed by atoms with E-state index in [0.29, 0.717) is 23.5 Å². The van der Waals surface area contributed by atoms with Crippen LogP contribution in [0.25, 0.3) is 0 Å². The molecule has 1 aromatic carbocycles. The first-order valence-electron chi connectivity index (χ1n) is 7.39. The van der Waals surface area contributed by atoms with Crippen LogP contribution in [-0.2, 0) is 4.79 Å². The summed E-state index contributed by atoms with van der Waals surface area (Å²) >= 11 is 5.81. The highest BCUT2D eigenvalue weighted by molar-refractivity contribution is 6.30. The molecule has 0 aromatic heterocycles. The third-order valence-electron chi connectivity index (χ3n) is 4.40. The molecule has 2 N–H and O–H groups in total. The van der Waals surface area contributed by atoms with Crippen molar-refractivity contribution in [2.24, 2.45) is 11.8 Å². The summed E-state index contributed by atoms with van der Waals surface area (Å²) in [6.45, 7) is 4.90. The Balaban J connectivity index is 1.77. The van der Waals surface area contributed by atoms with E-state index in [2.05, 4.69) is 24.5 Å². The van der Waals surface area contributed by atoms with Crippen LogP contribution in [0.1, 0.15) is 33.1 Å². The van der Waals surface area contributed by atoms with E-state index in [1.54, 1.807) is 12.1 Å². The molecule has 1 aliphatic carbocycles. The number of carbonyl (C=O) groups excluding carboxylic acids is 1. The first-order valence-corrected chi connectivity index (χ1v) is 7.76. The Morgan fingerprint density at radius 3 is 2.60 bits per heavy atom. The fraction of sp³-hybridized carbons (Fsp3) is 0.562. The topological polar surface area (TPSA) is 41.1 Å². The molecule has 1 aromatic rings. The molecule has 0 aliphatic heterocycles. The van der Waals surface area contributed by atoms with Gasteiger partial charge in [-0.1, -0.05) is 31.9 Å². The average Bonchev–Trinajstić information content (AvgIpc) is 2.79. The van der Waals surface area contributed by atoms with Gasteiger partial charge < -0.3 is 10.6 Å². The minimum Gasteiger partial charge on any atom is -0.325 e. The maximum absolute atomic E-state index is 11.9. The van der Waals surface area contributed by atoms with E-state index in [1.165, 1.54) is 19.3 Å². The van der Waals surface area contributed by atoms with Gasteiger partial charge in [0.2, 0.25) is 5.91 Å². The zero-order valence-corrected chi connectivity index (χ0v) is 12.9. The van der Waals surface area contributed by atoms with Crippen LogP contribution in [0.15, 0.2) is 24.3 Å². The minimum atomic E-state index is -0.000490. The lowest BCUT2D eigenvalue weighted by Crippen LogP contribution is -2.38. The molecule has 1 amide bonds. The van der Waals surface area contributed by atoms with Crippen LogP contribution in [0.5, 0.6) is 0 Å². The number of benzene rings is 1. The summed E-state index contributed by atoms with van der Waals surface area (Å²) in [6, 6.07) is 7.64. The Morgan fingerprint density at radius 1 is 1.30 bits per heavy atom. The normalized spacial score (nSPS) is 25.6. The smallest absolute Gasteiger partial charge is 0.238 e. The standard InChI is InChI=1S/C16H23ClN2O/c1-3-12-4-9-15(11(12)2)18-10-16(20)19-14-7-5-13(17)6-8-14/h5-8,11-12,15,18H,3-4,9-10H2,1-2H3,(H,19,20). The van der Waals surface area contributed by atoms with Gasteiger partial charge in [0, 0.05) is 16.8 Å². The van der Waals surface area contributed by atoms with Gasteiger partial charge in [0.15, 0.2) is 0 Å². The van der Waals surface area contributed by atoms with Crippen molar-refractivity contribution in [3.8, 4) is 0 Å². The molecule has 0 heterocycles. The molecule has 0 saturated heterocycles. The van der Waals surface area contributed by atoms with E-state index in [0.717, 1.165) is 11.6 Å². The number of nitrogens with one attached hydrogen (secondary N) is 2. The van der Waals surface area contributed by atoms with Gasteiger partial charge in [-0.25, -0.2) is 0 Å². The first-order chi connectivity index (χ1) is 9.60. The van der Waals surface area contributed by atoms with Gasteiger partial charge in [-0.2, -0.15) is 0 Å². The van der Waals surface area contributed by atoms with Crippen LogP contribution in [0.4, 0.5) is 5.69 Å². The summed E-state index contributed by atoms with van der Waals surface area (Å²) in [5.41, 5.74) is 0.784. The quantitative estimate of drug-likeness (QED) is 0.869. The summed E-state index contributed by atoms with van der Waals surface area (Å²) in [5, 5.41) is 6.93. The van der Waals surface area contributed by atoms with E-state index in [-0.39, 0.29) is 5.91 Å². The molecule has 4 heteroatoms. The van der Waals surface area contributed by atoms with Crippen molar-refractivity contribution >= 4 is 23.2 Å². The molecule has 0 bridgehead atoms. The largest absolute Gasteiger partial charge is 0.325 e. The number of halogens is 1. The predicted octanol–water partition coefficient (Wildman–Crippen LogP) is 3.69. The maximum Gasteiger partial charge on any atom is 0.238 e. The van der Waals surface area contributed by atoms with Gasteiger partial charge in [-0.15, -0.1) is 0 Å². The highest BCUT2D eigenvalue weighted by Gasteiger charge is 2.31. The number of hydrogen-bond acceptors (Lipinski definition) is 2. The summed E-state index contributed by atoms with van der Waals surface area (Å²) in [6.07, 6.45) is 3.68. The Hall–Kier alpha value is -1.06. The molecule has 3 nitrogen and oxygen atoms in total. The van der Waals surface area contributed by atoms with E-state index in [9.17, 15) is 4.79 Å². The summed E-state index contributed by atoms with van der Waals surface area (Å²) in [4.78, 5) is 11.9. The third-order valence-corrected chi connectivity index (χ3v) is 4.66. The maximum atomic E-state index is 11.9. The lowest BCUT2D eigenvalue weighted by Gasteiger charge is -2.20. The number of anilines is 1. The van der Waals surface area contributed by atoms with Crippen molar-refractivity contribution in [3.63, 3.8) is 0 Å². The summed E-state index contributed by atoms with van der Waals surface area (Å²) in [5.74, 6) is 1.45. The molecule has 2 rings (SSSR count). The molecular weight excluding hydrogens is 272 g/mol. The van der Waals surface area contributed by atoms with Gasteiger partial charge in [0.05, 0.1) is 6.54 Å². The van der Waals surface area contributed by atoms with E-state index in [4.69, 9.17) is 11.6 Å². The van der Waals surface area contributed by atoms with E-state index >= 15 is 0 Å². The molecule has 110 valence electrons. The van der Waals surface area contributed by atoms with Crippen molar-refractivity contribution in [3.05, 3.63) is 29.3 Å².